The van der Waals surface area contributed by atoms with Crippen molar-refractivity contribution in [2.24, 2.45) is 0 Å². The third-order valence-corrected chi connectivity index (χ3v) is 2.43. The van der Waals surface area contributed by atoms with Crippen LogP contribution in [0.5, 0.6) is 5.75 Å². The molecule has 2 heteroatoms. The highest BCUT2D eigenvalue weighted by atomic mass is 35.5. The van der Waals surface area contributed by atoms with Crippen molar-refractivity contribution in [3.8, 4) is 5.75 Å². The molecule has 0 aliphatic carbocycles. The predicted molar refractivity (Wildman–Crippen MR) is 61.2 cm³/mol. The van der Waals surface area contributed by atoms with E-state index in [2.05, 4.69) is 13.5 Å². The molecule has 0 radical (unpaired) electrons. The van der Waals surface area contributed by atoms with Crippen LogP contribution in [0.1, 0.15) is 25.3 Å². The molecule has 0 fully saturated rings. The monoisotopic (exact) mass is 210 g/mol. The average molecular weight is 211 g/mol. The maximum absolute atomic E-state index is 6.05. The number of halogens is 1. The number of ether oxygens (including phenoxy) is 1. The number of benzene rings is 1. The molecule has 0 N–H and O–H groups in total. The van der Waals surface area contributed by atoms with Crippen LogP contribution in [0, 0.1) is 0 Å². The molecule has 1 rings (SSSR count). The van der Waals surface area contributed by atoms with Gasteiger partial charge in [-0.1, -0.05) is 30.7 Å². The van der Waals surface area contributed by atoms with Gasteiger partial charge in [-0.25, -0.2) is 0 Å². The molecule has 1 atom stereocenters. The Hall–Kier alpha value is -0.950. The normalized spacial score (nSPS) is 12.2. The lowest BCUT2D eigenvalue weighted by atomic mass is 10.0. The van der Waals surface area contributed by atoms with Crippen LogP contribution in [-0.4, -0.2) is 6.61 Å². The summed E-state index contributed by atoms with van der Waals surface area (Å²) in [6, 6.07) is 5.85. The Bertz CT molecular complexity index is 320. The first-order valence-corrected chi connectivity index (χ1v) is 5.11. The number of rotatable bonds is 4. The quantitative estimate of drug-likeness (QED) is 0.682. The van der Waals surface area contributed by atoms with E-state index in [0.29, 0.717) is 17.5 Å². The molecule has 1 nitrogen and oxygen atoms in total. The van der Waals surface area contributed by atoms with Gasteiger partial charge in [0.05, 0.1) is 11.6 Å². The van der Waals surface area contributed by atoms with Gasteiger partial charge in [-0.3, -0.25) is 0 Å². The lowest BCUT2D eigenvalue weighted by Gasteiger charge is -2.10. The highest BCUT2D eigenvalue weighted by molar-refractivity contribution is 6.32. The molecule has 0 aromatic heterocycles. The van der Waals surface area contributed by atoms with Gasteiger partial charge in [0.25, 0.3) is 0 Å². The zero-order valence-electron chi connectivity index (χ0n) is 8.59. The van der Waals surface area contributed by atoms with Gasteiger partial charge in [-0.05, 0) is 30.5 Å². The van der Waals surface area contributed by atoms with E-state index in [4.69, 9.17) is 16.3 Å². The summed E-state index contributed by atoms with van der Waals surface area (Å²) in [6.45, 7) is 8.41. The van der Waals surface area contributed by atoms with Gasteiger partial charge in [-0.15, -0.1) is 6.58 Å². The van der Waals surface area contributed by atoms with Gasteiger partial charge in [-0.2, -0.15) is 0 Å². The lowest BCUT2D eigenvalue weighted by molar-refractivity contribution is 0.340. The summed E-state index contributed by atoms with van der Waals surface area (Å²) in [5.41, 5.74) is 1.16. The lowest BCUT2D eigenvalue weighted by Crippen LogP contribution is -1.94. The summed E-state index contributed by atoms with van der Waals surface area (Å²) in [7, 11) is 0. The molecular formula is C12H15ClO. The molecule has 0 amide bonds. The standard InChI is InChI=1S/C12H15ClO/c1-4-9(3)10-6-7-12(14-5-2)11(13)8-10/h4,6-9H,1,5H2,2-3H3. The second-order valence-electron chi connectivity index (χ2n) is 3.15. The second-order valence-corrected chi connectivity index (χ2v) is 3.55. The molecule has 0 bridgehead atoms. The first-order valence-electron chi connectivity index (χ1n) is 4.73. The molecule has 0 heterocycles. The Kier molecular flexibility index (Phi) is 4.02. The smallest absolute Gasteiger partial charge is 0.137 e. The van der Waals surface area contributed by atoms with Crippen molar-refractivity contribution in [3.05, 3.63) is 41.4 Å². The fraction of sp³-hybridized carbons (Fsp3) is 0.333. The van der Waals surface area contributed by atoms with Crippen LogP contribution < -0.4 is 4.74 Å². The molecule has 14 heavy (non-hydrogen) atoms. The number of allylic oxidation sites excluding steroid dienone is 1. The van der Waals surface area contributed by atoms with E-state index < -0.39 is 0 Å². The van der Waals surface area contributed by atoms with Gasteiger partial charge in [0.15, 0.2) is 0 Å². The van der Waals surface area contributed by atoms with Gasteiger partial charge in [0.2, 0.25) is 0 Å². The molecule has 1 aromatic carbocycles. The van der Waals surface area contributed by atoms with Crippen molar-refractivity contribution in [3.63, 3.8) is 0 Å². The van der Waals surface area contributed by atoms with Gasteiger partial charge < -0.3 is 4.74 Å². The van der Waals surface area contributed by atoms with Crippen LogP contribution in [-0.2, 0) is 0 Å². The van der Waals surface area contributed by atoms with Crippen molar-refractivity contribution in [2.45, 2.75) is 19.8 Å². The van der Waals surface area contributed by atoms with Crippen molar-refractivity contribution < 1.29 is 4.74 Å². The number of hydrogen-bond donors (Lipinski definition) is 0. The molecule has 0 saturated heterocycles. The molecule has 1 unspecified atom stereocenters. The summed E-state index contributed by atoms with van der Waals surface area (Å²) >= 11 is 6.05. The first-order chi connectivity index (χ1) is 6.69. The van der Waals surface area contributed by atoms with Crippen LogP contribution in [0.2, 0.25) is 5.02 Å². The SMILES string of the molecule is C=CC(C)c1ccc(OCC)c(Cl)c1. The maximum Gasteiger partial charge on any atom is 0.137 e. The van der Waals surface area contributed by atoms with Crippen LogP contribution in [0.3, 0.4) is 0 Å². The maximum atomic E-state index is 6.05. The van der Waals surface area contributed by atoms with E-state index in [9.17, 15) is 0 Å². The Balaban J connectivity index is 2.93. The van der Waals surface area contributed by atoms with Gasteiger partial charge in [0.1, 0.15) is 5.75 Å². The number of hydrogen-bond acceptors (Lipinski definition) is 1. The highest BCUT2D eigenvalue weighted by Crippen LogP contribution is 2.28. The van der Waals surface area contributed by atoms with Crippen molar-refractivity contribution in [2.75, 3.05) is 6.61 Å². The van der Waals surface area contributed by atoms with Crippen molar-refractivity contribution in [1.29, 1.82) is 0 Å². The minimum atomic E-state index is 0.322. The second kappa shape index (κ2) is 5.06. The highest BCUT2D eigenvalue weighted by Gasteiger charge is 2.05. The zero-order valence-corrected chi connectivity index (χ0v) is 9.34. The van der Waals surface area contributed by atoms with E-state index in [1.165, 1.54) is 0 Å². The molecule has 1 aromatic rings. The largest absolute Gasteiger partial charge is 0.492 e. The molecule has 0 spiro atoms. The minimum Gasteiger partial charge on any atom is -0.492 e. The van der Waals surface area contributed by atoms with E-state index >= 15 is 0 Å². The van der Waals surface area contributed by atoms with E-state index in [-0.39, 0.29) is 0 Å². The summed E-state index contributed by atoms with van der Waals surface area (Å²) < 4.78 is 5.35. The minimum absolute atomic E-state index is 0.322. The molecule has 0 aliphatic heterocycles. The van der Waals surface area contributed by atoms with Crippen LogP contribution in [0.4, 0.5) is 0 Å². The summed E-state index contributed by atoms with van der Waals surface area (Å²) in [4.78, 5) is 0. The van der Waals surface area contributed by atoms with E-state index in [1.54, 1.807) is 0 Å². The molecule has 0 saturated carbocycles. The summed E-state index contributed by atoms with van der Waals surface area (Å²) in [5.74, 6) is 1.07. The van der Waals surface area contributed by atoms with E-state index in [0.717, 1.165) is 11.3 Å². The summed E-state index contributed by atoms with van der Waals surface area (Å²) in [6.07, 6.45) is 1.89. The molecular weight excluding hydrogens is 196 g/mol. The van der Waals surface area contributed by atoms with Gasteiger partial charge >= 0.3 is 0 Å². The Morgan fingerprint density at radius 1 is 1.57 bits per heavy atom. The fourth-order valence-electron chi connectivity index (χ4n) is 1.21. The van der Waals surface area contributed by atoms with Gasteiger partial charge in [0, 0.05) is 0 Å². The predicted octanol–water partition coefficient (Wildman–Crippen LogP) is 4.03. The van der Waals surface area contributed by atoms with Crippen molar-refractivity contribution in [1.82, 2.24) is 0 Å². The van der Waals surface area contributed by atoms with E-state index in [1.807, 2.05) is 31.2 Å². The average Bonchev–Trinajstić information content (AvgIpc) is 2.20. The third kappa shape index (κ3) is 2.52. The van der Waals surface area contributed by atoms with Crippen molar-refractivity contribution >= 4 is 11.6 Å². The van der Waals surface area contributed by atoms with Crippen LogP contribution >= 0.6 is 11.6 Å². The third-order valence-electron chi connectivity index (χ3n) is 2.14. The Morgan fingerprint density at radius 3 is 2.79 bits per heavy atom. The van der Waals surface area contributed by atoms with Crippen LogP contribution in [0.15, 0.2) is 30.9 Å². The molecule has 0 aliphatic rings. The summed E-state index contributed by atoms with van der Waals surface area (Å²) in [5, 5.41) is 0.665. The fourth-order valence-corrected chi connectivity index (χ4v) is 1.45. The Labute approximate surface area is 90.3 Å². The first kappa shape index (κ1) is 11.1. The topological polar surface area (TPSA) is 9.23 Å². The molecule has 76 valence electrons. The van der Waals surface area contributed by atoms with Crippen LogP contribution in [0.25, 0.3) is 0 Å². The Morgan fingerprint density at radius 2 is 2.29 bits per heavy atom. The zero-order chi connectivity index (χ0) is 10.6.